The molecule has 0 bridgehead atoms. The van der Waals surface area contributed by atoms with Gasteiger partial charge in [-0.1, -0.05) is 48.4 Å². The van der Waals surface area contributed by atoms with Crippen LogP contribution in [-0.4, -0.2) is 31.9 Å². The number of likely N-dealkylation sites (tertiary alicyclic amines) is 1. The molecule has 6 heteroatoms. The molecule has 0 unspecified atom stereocenters. The predicted molar refractivity (Wildman–Crippen MR) is 110 cm³/mol. The smallest absolute Gasteiger partial charge is 0.240 e. The van der Waals surface area contributed by atoms with E-state index >= 15 is 0 Å². The maximum atomic E-state index is 12.8. The van der Waals surface area contributed by atoms with Crippen molar-refractivity contribution in [3.63, 3.8) is 0 Å². The number of piperidine rings is 1. The van der Waals surface area contributed by atoms with Gasteiger partial charge in [-0.25, -0.2) is 13.1 Å². The molecule has 2 aromatic carbocycles. The number of halogens is 1. The first kappa shape index (κ1) is 20.3. The van der Waals surface area contributed by atoms with Crippen LogP contribution in [0.15, 0.2) is 59.5 Å². The third-order valence-corrected chi connectivity index (χ3v) is 7.09. The van der Waals surface area contributed by atoms with Gasteiger partial charge in [0.05, 0.1) is 4.90 Å². The Labute approximate surface area is 167 Å². The Morgan fingerprint density at radius 2 is 1.63 bits per heavy atom. The second-order valence-electron chi connectivity index (χ2n) is 7.31. The maximum Gasteiger partial charge on any atom is 0.240 e. The Morgan fingerprint density at radius 1 is 1.04 bits per heavy atom. The first-order chi connectivity index (χ1) is 12.9. The van der Waals surface area contributed by atoms with Crippen molar-refractivity contribution in [3.05, 3.63) is 65.2 Å². The zero-order valence-electron chi connectivity index (χ0n) is 15.8. The van der Waals surface area contributed by atoms with Crippen LogP contribution in [0.2, 0.25) is 5.02 Å². The van der Waals surface area contributed by atoms with Crippen LogP contribution in [0.4, 0.5) is 0 Å². The minimum absolute atomic E-state index is 0.00132. The van der Waals surface area contributed by atoms with Gasteiger partial charge in [-0.05, 0) is 56.5 Å². The third-order valence-electron chi connectivity index (χ3n) is 5.40. The molecule has 0 aliphatic carbocycles. The summed E-state index contributed by atoms with van der Waals surface area (Å²) in [5, 5.41) is 0.520. The van der Waals surface area contributed by atoms with E-state index in [1.54, 1.807) is 12.1 Å². The molecule has 1 N–H and O–H groups in total. The Morgan fingerprint density at radius 3 is 2.22 bits per heavy atom. The van der Waals surface area contributed by atoms with E-state index in [2.05, 4.69) is 35.6 Å². The van der Waals surface area contributed by atoms with Crippen LogP contribution in [0, 0.1) is 0 Å². The average molecular weight is 407 g/mol. The van der Waals surface area contributed by atoms with E-state index in [-0.39, 0.29) is 10.9 Å². The highest BCUT2D eigenvalue weighted by atomic mass is 35.5. The zero-order chi connectivity index (χ0) is 19.4. The van der Waals surface area contributed by atoms with Crippen molar-refractivity contribution in [1.82, 2.24) is 9.62 Å². The third kappa shape index (κ3) is 4.91. The van der Waals surface area contributed by atoms with E-state index < -0.39 is 10.0 Å². The van der Waals surface area contributed by atoms with Crippen molar-refractivity contribution in [2.75, 3.05) is 6.54 Å². The van der Waals surface area contributed by atoms with Crippen molar-refractivity contribution in [2.45, 2.75) is 56.1 Å². The van der Waals surface area contributed by atoms with E-state index in [1.807, 2.05) is 18.2 Å². The second kappa shape index (κ2) is 8.74. The molecule has 1 heterocycles. The molecule has 4 nitrogen and oxygen atoms in total. The normalized spacial score (nSPS) is 22.5. The standard InChI is InChI=1S/C21H27ClN2O2S/c1-16-7-6-8-17(2)24(16)21(18-9-4-3-5-10-18)15-23-27(25,26)20-13-11-19(22)12-14-20/h3-5,9-14,16-17,21,23H,6-8,15H2,1-2H3/t16-,17-,21+/m1/s1. The lowest BCUT2D eigenvalue weighted by atomic mass is 9.92. The number of nitrogens with one attached hydrogen (secondary N) is 1. The van der Waals surface area contributed by atoms with E-state index in [1.165, 1.54) is 18.6 Å². The Hall–Kier alpha value is -1.40. The minimum Gasteiger partial charge on any atom is -0.290 e. The van der Waals surface area contributed by atoms with Gasteiger partial charge < -0.3 is 0 Å². The van der Waals surface area contributed by atoms with Gasteiger partial charge in [-0.15, -0.1) is 0 Å². The number of benzene rings is 2. The van der Waals surface area contributed by atoms with Crippen molar-refractivity contribution in [2.24, 2.45) is 0 Å². The summed E-state index contributed by atoms with van der Waals surface area (Å²) in [6.45, 7) is 4.81. The molecule has 3 atom stereocenters. The van der Waals surface area contributed by atoms with E-state index in [4.69, 9.17) is 11.6 Å². The fourth-order valence-corrected chi connectivity index (χ4v) is 5.18. The Kier molecular flexibility index (Phi) is 6.58. The summed E-state index contributed by atoms with van der Waals surface area (Å²) in [6.07, 6.45) is 3.49. The molecule has 0 spiro atoms. The maximum absolute atomic E-state index is 12.8. The molecule has 1 aliphatic heterocycles. The molecule has 3 rings (SSSR count). The van der Waals surface area contributed by atoms with Gasteiger partial charge >= 0.3 is 0 Å². The van der Waals surface area contributed by atoms with Crippen LogP contribution in [-0.2, 0) is 10.0 Å². The molecule has 0 aromatic heterocycles. The first-order valence-corrected chi connectivity index (χ1v) is 11.3. The summed E-state index contributed by atoms with van der Waals surface area (Å²) in [6, 6.07) is 17.3. The fraction of sp³-hybridized carbons (Fsp3) is 0.429. The highest BCUT2D eigenvalue weighted by molar-refractivity contribution is 7.89. The average Bonchev–Trinajstić information content (AvgIpc) is 2.65. The molecule has 0 amide bonds. The lowest BCUT2D eigenvalue weighted by molar-refractivity contribution is 0.0561. The molecule has 2 aromatic rings. The second-order valence-corrected chi connectivity index (χ2v) is 9.51. The summed E-state index contributed by atoms with van der Waals surface area (Å²) in [7, 11) is -3.59. The number of hydrogen-bond acceptors (Lipinski definition) is 3. The van der Waals surface area contributed by atoms with Crippen LogP contribution < -0.4 is 4.72 Å². The van der Waals surface area contributed by atoms with E-state index in [9.17, 15) is 8.42 Å². The summed E-state index contributed by atoms with van der Waals surface area (Å²) in [5.41, 5.74) is 1.14. The lowest BCUT2D eigenvalue weighted by Crippen LogP contribution is -2.49. The van der Waals surface area contributed by atoms with Gasteiger partial charge in [0.25, 0.3) is 0 Å². The van der Waals surface area contributed by atoms with Crippen molar-refractivity contribution >= 4 is 21.6 Å². The lowest BCUT2D eigenvalue weighted by Gasteiger charge is -2.44. The number of sulfonamides is 1. The molecular weight excluding hydrogens is 380 g/mol. The van der Waals surface area contributed by atoms with E-state index in [0.717, 1.165) is 18.4 Å². The van der Waals surface area contributed by atoms with Gasteiger partial charge in [-0.2, -0.15) is 0 Å². The molecule has 0 saturated carbocycles. The van der Waals surface area contributed by atoms with E-state index in [0.29, 0.717) is 23.7 Å². The first-order valence-electron chi connectivity index (χ1n) is 9.46. The van der Waals surface area contributed by atoms with Gasteiger partial charge in [0.15, 0.2) is 0 Å². The molecule has 1 fully saturated rings. The van der Waals surface area contributed by atoms with Crippen LogP contribution in [0.3, 0.4) is 0 Å². The quantitative estimate of drug-likeness (QED) is 0.761. The van der Waals surface area contributed by atoms with Gasteiger partial charge in [-0.3, -0.25) is 4.90 Å². The molecule has 146 valence electrons. The molecule has 0 radical (unpaired) electrons. The largest absolute Gasteiger partial charge is 0.290 e. The monoisotopic (exact) mass is 406 g/mol. The van der Waals surface area contributed by atoms with Crippen molar-refractivity contribution < 1.29 is 8.42 Å². The molecule has 1 saturated heterocycles. The van der Waals surface area contributed by atoms with Gasteiger partial charge in [0.2, 0.25) is 10.0 Å². The van der Waals surface area contributed by atoms with Crippen LogP contribution in [0.25, 0.3) is 0 Å². The summed E-state index contributed by atoms with van der Waals surface area (Å²) in [5.74, 6) is 0. The number of hydrogen-bond donors (Lipinski definition) is 1. The summed E-state index contributed by atoms with van der Waals surface area (Å²) >= 11 is 5.88. The SMILES string of the molecule is C[C@@H]1CCC[C@@H](C)N1[C@@H](CNS(=O)(=O)c1ccc(Cl)cc1)c1ccccc1. The van der Waals surface area contributed by atoms with Gasteiger partial charge in [0, 0.05) is 29.7 Å². The van der Waals surface area contributed by atoms with Crippen LogP contribution in [0.1, 0.15) is 44.7 Å². The minimum atomic E-state index is -3.59. The molecule has 1 aliphatic rings. The Bertz CT molecular complexity index is 830. The van der Waals surface area contributed by atoms with Crippen LogP contribution in [0.5, 0.6) is 0 Å². The van der Waals surface area contributed by atoms with Gasteiger partial charge in [0.1, 0.15) is 0 Å². The number of nitrogens with zero attached hydrogens (tertiary/aromatic N) is 1. The number of rotatable bonds is 6. The highest BCUT2D eigenvalue weighted by Crippen LogP contribution is 2.32. The zero-order valence-corrected chi connectivity index (χ0v) is 17.4. The van der Waals surface area contributed by atoms with Crippen molar-refractivity contribution in [3.8, 4) is 0 Å². The summed E-state index contributed by atoms with van der Waals surface area (Å²) in [4.78, 5) is 2.70. The van der Waals surface area contributed by atoms with Crippen molar-refractivity contribution in [1.29, 1.82) is 0 Å². The van der Waals surface area contributed by atoms with Crippen LogP contribution >= 0.6 is 11.6 Å². The predicted octanol–water partition coefficient (Wildman–Crippen LogP) is 4.62. The fourth-order valence-electron chi connectivity index (χ4n) is 4.01. The summed E-state index contributed by atoms with van der Waals surface area (Å²) < 4.78 is 28.3. The topological polar surface area (TPSA) is 49.4 Å². The highest BCUT2D eigenvalue weighted by Gasteiger charge is 2.32. The molecular formula is C21H27ClN2O2S. The molecule has 27 heavy (non-hydrogen) atoms. The Balaban J connectivity index is 1.84.